The number of benzene rings is 1. The first kappa shape index (κ1) is 17.0. The van der Waals surface area contributed by atoms with E-state index in [0.29, 0.717) is 12.8 Å². The Morgan fingerprint density at radius 2 is 2.09 bits per heavy atom. The standard InChI is InChI=1S/C17H23N3O3/c1-10(2)9-13(17(22)23)19-15(21)8-7-14-18-12-6-4-5-11(3)16(12)20-14/h4-6,10,13H,7-9H2,1-3H3,(H,18,20)(H,19,21)(H,22,23). The Morgan fingerprint density at radius 1 is 1.35 bits per heavy atom. The molecule has 1 unspecified atom stereocenters. The summed E-state index contributed by atoms with van der Waals surface area (Å²) >= 11 is 0. The Kier molecular flexibility index (Phi) is 5.36. The van der Waals surface area contributed by atoms with E-state index in [4.69, 9.17) is 5.11 Å². The van der Waals surface area contributed by atoms with Crippen molar-refractivity contribution >= 4 is 22.9 Å². The number of carboxylic acids is 1. The predicted octanol–water partition coefficient (Wildman–Crippen LogP) is 2.42. The number of carboxylic acid groups (broad SMARTS) is 1. The highest BCUT2D eigenvalue weighted by molar-refractivity contribution is 5.83. The van der Waals surface area contributed by atoms with Crippen LogP contribution in [0.15, 0.2) is 18.2 Å². The van der Waals surface area contributed by atoms with Crippen molar-refractivity contribution in [1.29, 1.82) is 0 Å². The van der Waals surface area contributed by atoms with Crippen LogP contribution in [0.1, 0.15) is 38.1 Å². The number of aliphatic carboxylic acids is 1. The largest absolute Gasteiger partial charge is 0.480 e. The van der Waals surface area contributed by atoms with Crippen LogP contribution in [-0.4, -0.2) is 33.0 Å². The van der Waals surface area contributed by atoms with E-state index in [1.54, 1.807) is 0 Å². The van der Waals surface area contributed by atoms with Gasteiger partial charge in [0.2, 0.25) is 5.91 Å². The highest BCUT2D eigenvalue weighted by Gasteiger charge is 2.21. The minimum atomic E-state index is -0.994. The number of amides is 1. The van der Waals surface area contributed by atoms with Crippen LogP contribution in [0.3, 0.4) is 0 Å². The predicted molar refractivity (Wildman–Crippen MR) is 88.2 cm³/mol. The number of fused-ring (bicyclic) bond motifs is 1. The lowest BCUT2D eigenvalue weighted by atomic mass is 10.0. The lowest BCUT2D eigenvalue weighted by Gasteiger charge is -2.16. The molecule has 0 aliphatic rings. The maximum absolute atomic E-state index is 12.0. The summed E-state index contributed by atoms with van der Waals surface area (Å²) in [6.45, 7) is 5.85. The van der Waals surface area contributed by atoms with E-state index in [0.717, 1.165) is 22.4 Å². The fourth-order valence-corrected chi connectivity index (χ4v) is 2.54. The number of aromatic amines is 1. The molecule has 2 rings (SSSR count). The third-order valence-electron chi connectivity index (χ3n) is 3.69. The molecule has 6 heteroatoms. The van der Waals surface area contributed by atoms with E-state index in [9.17, 15) is 9.59 Å². The molecule has 0 spiro atoms. The summed E-state index contributed by atoms with van der Waals surface area (Å²) in [5.74, 6) is -0.323. The molecule has 0 aliphatic carbocycles. The normalized spacial score (nSPS) is 12.5. The van der Waals surface area contributed by atoms with Crippen LogP contribution in [0.25, 0.3) is 11.0 Å². The molecule has 1 atom stereocenters. The van der Waals surface area contributed by atoms with Crippen LogP contribution in [0.5, 0.6) is 0 Å². The van der Waals surface area contributed by atoms with Gasteiger partial charge >= 0.3 is 5.97 Å². The average molecular weight is 317 g/mol. The molecule has 23 heavy (non-hydrogen) atoms. The number of hydrogen-bond donors (Lipinski definition) is 3. The van der Waals surface area contributed by atoms with Crippen molar-refractivity contribution in [3.63, 3.8) is 0 Å². The summed E-state index contributed by atoms with van der Waals surface area (Å²) in [5, 5.41) is 11.7. The SMILES string of the molecule is Cc1cccc2[nH]c(CCC(=O)NC(CC(C)C)C(=O)O)nc12. The quantitative estimate of drug-likeness (QED) is 0.731. The van der Waals surface area contributed by atoms with Crippen molar-refractivity contribution in [3.8, 4) is 0 Å². The van der Waals surface area contributed by atoms with Crippen molar-refractivity contribution < 1.29 is 14.7 Å². The molecular weight excluding hydrogens is 294 g/mol. The van der Waals surface area contributed by atoms with Crippen LogP contribution in [0, 0.1) is 12.8 Å². The number of carbonyl (C=O) groups excluding carboxylic acids is 1. The highest BCUT2D eigenvalue weighted by atomic mass is 16.4. The minimum absolute atomic E-state index is 0.203. The summed E-state index contributed by atoms with van der Waals surface area (Å²) in [7, 11) is 0. The number of carbonyl (C=O) groups is 2. The van der Waals surface area contributed by atoms with Gasteiger partial charge in [-0.3, -0.25) is 4.79 Å². The number of nitrogens with zero attached hydrogens (tertiary/aromatic N) is 1. The van der Waals surface area contributed by atoms with E-state index in [-0.39, 0.29) is 18.2 Å². The number of imidazole rings is 1. The molecular formula is C17H23N3O3. The number of nitrogens with one attached hydrogen (secondary N) is 2. The molecule has 1 aromatic heterocycles. The van der Waals surface area contributed by atoms with Crippen LogP contribution in [0.4, 0.5) is 0 Å². The van der Waals surface area contributed by atoms with E-state index < -0.39 is 12.0 Å². The van der Waals surface area contributed by atoms with Crippen molar-refractivity contribution in [1.82, 2.24) is 15.3 Å². The number of rotatable bonds is 7. The fourth-order valence-electron chi connectivity index (χ4n) is 2.54. The third-order valence-corrected chi connectivity index (χ3v) is 3.69. The van der Waals surface area contributed by atoms with Crippen LogP contribution < -0.4 is 5.32 Å². The lowest BCUT2D eigenvalue weighted by Crippen LogP contribution is -2.41. The zero-order valence-corrected chi connectivity index (χ0v) is 13.7. The Hall–Kier alpha value is -2.37. The van der Waals surface area contributed by atoms with Crippen molar-refractivity contribution in [2.45, 2.75) is 46.1 Å². The third kappa shape index (κ3) is 4.55. The molecule has 124 valence electrons. The number of aryl methyl sites for hydroxylation is 2. The molecule has 0 bridgehead atoms. The number of hydrogen-bond acceptors (Lipinski definition) is 3. The first-order chi connectivity index (χ1) is 10.9. The van der Waals surface area contributed by atoms with Gasteiger partial charge in [-0.2, -0.15) is 0 Å². The molecule has 1 heterocycles. The zero-order chi connectivity index (χ0) is 17.0. The highest BCUT2D eigenvalue weighted by Crippen LogP contribution is 2.16. The van der Waals surface area contributed by atoms with Gasteiger partial charge in [-0.15, -0.1) is 0 Å². The molecule has 1 aromatic carbocycles. The van der Waals surface area contributed by atoms with Gasteiger partial charge in [0.05, 0.1) is 11.0 Å². The minimum Gasteiger partial charge on any atom is -0.480 e. The molecule has 0 saturated heterocycles. The van der Waals surface area contributed by atoms with E-state index in [2.05, 4.69) is 15.3 Å². The smallest absolute Gasteiger partial charge is 0.326 e. The van der Waals surface area contributed by atoms with Gasteiger partial charge in [-0.25, -0.2) is 9.78 Å². The molecule has 0 aliphatic heterocycles. The first-order valence-electron chi connectivity index (χ1n) is 7.83. The first-order valence-corrected chi connectivity index (χ1v) is 7.83. The topological polar surface area (TPSA) is 95.1 Å². The Balaban J connectivity index is 1.94. The summed E-state index contributed by atoms with van der Waals surface area (Å²) in [6.07, 6.45) is 1.08. The van der Waals surface area contributed by atoms with Gasteiger partial charge in [0.1, 0.15) is 11.9 Å². The maximum atomic E-state index is 12.0. The van der Waals surface area contributed by atoms with Crippen molar-refractivity contribution in [2.24, 2.45) is 5.92 Å². The summed E-state index contributed by atoms with van der Waals surface area (Å²) in [5.41, 5.74) is 2.94. The zero-order valence-electron chi connectivity index (χ0n) is 13.7. The fraction of sp³-hybridized carbons (Fsp3) is 0.471. The molecule has 6 nitrogen and oxygen atoms in total. The van der Waals surface area contributed by atoms with E-state index in [1.165, 1.54) is 0 Å². The Morgan fingerprint density at radius 3 is 2.70 bits per heavy atom. The maximum Gasteiger partial charge on any atom is 0.326 e. The van der Waals surface area contributed by atoms with Gasteiger partial charge in [0, 0.05) is 12.8 Å². The molecule has 2 aromatic rings. The molecule has 3 N–H and O–H groups in total. The van der Waals surface area contributed by atoms with E-state index in [1.807, 2.05) is 39.0 Å². The Bertz CT molecular complexity index is 706. The number of aromatic nitrogens is 2. The van der Waals surface area contributed by atoms with Gasteiger partial charge < -0.3 is 15.4 Å². The Labute approximate surface area is 135 Å². The molecule has 1 amide bonds. The number of H-pyrrole nitrogens is 1. The average Bonchev–Trinajstić information content (AvgIpc) is 2.88. The van der Waals surface area contributed by atoms with Gasteiger partial charge in [0.25, 0.3) is 0 Å². The number of para-hydroxylation sites is 1. The van der Waals surface area contributed by atoms with Crippen molar-refractivity contribution in [2.75, 3.05) is 0 Å². The van der Waals surface area contributed by atoms with Gasteiger partial charge in [-0.05, 0) is 30.9 Å². The second-order valence-electron chi connectivity index (χ2n) is 6.24. The second-order valence-corrected chi connectivity index (χ2v) is 6.24. The molecule has 0 saturated carbocycles. The second kappa shape index (κ2) is 7.26. The molecule has 0 fully saturated rings. The molecule has 0 radical (unpaired) electrons. The van der Waals surface area contributed by atoms with Crippen LogP contribution >= 0.6 is 0 Å². The lowest BCUT2D eigenvalue weighted by molar-refractivity contribution is -0.142. The van der Waals surface area contributed by atoms with E-state index >= 15 is 0 Å². The van der Waals surface area contributed by atoms with Crippen LogP contribution in [-0.2, 0) is 16.0 Å². The van der Waals surface area contributed by atoms with Crippen LogP contribution in [0.2, 0.25) is 0 Å². The summed E-state index contributed by atoms with van der Waals surface area (Å²) in [6, 6.07) is 5.06. The van der Waals surface area contributed by atoms with Gasteiger partial charge in [0.15, 0.2) is 0 Å². The monoisotopic (exact) mass is 317 g/mol. The van der Waals surface area contributed by atoms with Crippen molar-refractivity contribution in [3.05, 3.63) is 29.6 Å². The van der Waals surface area contributed by atoms with Gasteiger partial charge in [-0.1, -0.05) is 26.0 Å². The summed E-state index contributed by atoms with van der Waals surface area (Å²) in [4.78, 5) is 30.8. The summed E-state index contributed by atoms with van der Waals surface area (Å²) < 4.78 is 0.